The van der Waals surface area contributed by atoms with Crippen LogP contribution in [0, 0.1) is 0 Å². The zero-order valence-electron chi connectivity index (χ0n) is 32.7. The van der Waals surface area contributed by atoms with Gasteiger partial charge < -0.3 is 20.1 Å². The molecule has 0 aromatic rings. The van der Waals surface area contributed by atoms with Gasteiger partial charge >= 0.3 is 19.8 Å². The highest BCUT2D eigenvalue weighted by molar-refractivity contribution is 7.47. The zero-order chi connectivity index (χ0) is 38.9. The van der Waals surface area contributed by atoms with Crippen molar-refractivity contribution in [2.45, 2.75) is 136 Å². The average molecular weight is 760 g/mol. The SMILES string of the molecule is CC/C=C/C=C/C=C/C=C/C=C/CCCC(=O)OC(COC(=O)CCCCCCCCCCC/C=C/C/C=C/C/C=C/CC)COP(=O)(O)OCCN. The second-order valence-corrected chi connectivity index (χ2v) is 14.0. The molecule has 0 spiro atoms. The molecule has 0 heterocycles. The van der Waals surface area contributed by atoms with Crippen LogP contribution in [0.5, 0.6) is 0 Å². The van der Waals surface area contributed by atoms with E-state index >= 15 is 0 Å². The number of unbranched alkanes of at least 4 members (excludes halogenated alkanes) is 10. The second kappa shape index (κ2) is 38.6. The number of carbonyl (C=O) groups is 2. The molecule has 0 fully saturated rings. The molecule has 0 saturated heterocycles. The van der Waals surface area contributed by atoms with Crippen molar-refractivity contribution >= 4 is 19.8 Å². The lowest BCUT2D eigenvalue weighted by Crippen LogP contribution is -2.29. The molecule has 0 bridgehead atoms. The van der Waals surface area contributed by atoms with E-state index in [0.717, 1.165) is 51.4 Å². The number of hydrogen-bond acceptors (Lipinski definition) is 8. The van der Waals surface area contributed by atoms with Crippen LogP contribution in [0.3, 0.4) is 0 Å². The molecule has 0 amide bonds. The van der Waals surface area contributed by atoms with E-state index in [2.05, 4.69) is 56.4 Å². The molecule has 2 atom stereocenters. The number of ether oxygens (including phenoxy) is 2. The van der Waals surface area contributed by atoms with Gasteiger partial charge in [0, 0.05) is 19.4 Å². The van der Waals surface area contributed by atoms with Crippen LogP contribution in [0.2, 0.25) is 0 Å². The summed E-state index contributed by atoms with van der Waals surface area (Å²) in [6, 6.07) is 0. The Labute approximate surface area is 321 Å². The van der Waals surface area contributed by atoms with Crippen LogP contribution < -0.4 is 5.73 Å². The van der Waals surface area contributed by atoms with Crippen molar-refractivity contribution in [3.63, 3.8) is 0 Å². The van der Waals surface area contributed by atoms with Gasteiger partial charge in [-0.2, -0.15) is 0 Å². The molecule has 0 aromatic heterocycles. The predicted molar refractivity (Wildman–Crippen MR) is 219 cm³/mol. The number of allylic oxidation sites excluding steroid dienone is 16. The van der Waals surface area contributed by atoms with Crippen molar-refractivity contribution in [2.24, 2.45) is 5.73 Å². The molecule has 300 valence electrons. The van der Waals surface area contributed by atoms with Crippen molar-refractivity contribution in [2.75, 3.05) is 26.4 Å². The van der Waals surface area contributed by atoms with Gasteiger partial charge in [-0.15, -0.1) is 0 Å². The van der Waals surface area contributed by atoms with Gasteiger partial charge in [0.1, 0.15) is 6.61 Å². The molecule has 0 aromatic carbocycles. The highest BCUT2D eigenvalue weighted by Crippen LogP contribution is 2.43. The largest absolute Gasteiger partial charge is 0.472 e. The Kier molecular flexibility index (Phi) is 36.4. The smallest absolute Gasteiger partial charge is 0.462 e. The van der Waals surface area contributed by atoms with Crippen LogP contribution in [0.25, 0.3) is 0 Å². The summed E-state index contributed by atoms with van der Waals surface area (Å²) in [5.74, 6) is -0.934. The minimum absolute atomic E-state index is 0.0356. The van der Waals surface area contributed by atoms with E-state index in [1.165, 1.54) is 32.1 Å². The number of nitrogens with two attached hydrogens (primary N) is 1. The van der Waals surface area contributed by atoms with E-state index in [9.17, 15) is 19.0 Å². The maximum Gasteiger partial charge on any atom is 0.472 e. The van der Waals surface area contributed by atoms with Gasteiger partial charge in [0.25, 0.3) is 0 Å². The number of carbonyl (C=O) groups excluding carboxylic acids is 2. The summed E-state index contributed by atoms with van der Waals surface area (Å²) in [6.07, 6.45) is 48.8. The highest BCUT2D eigenvalue weighted by atomic mass is 31.2. The van der Waals surface area contributed by atoms with Crippen LogP contribution in [0.15, 0.2) is 97.2 Å². The van der Waals surface area contributed by atoms with E-state index in [1.807, 2.05) is 54.7 Å². The van der Waals surface area contributed by atoms with E-state index in [4.69, 9.17) is 24.3 Å². The first kappa shape index (κ1) is 49.9. The maximum atomic E-state index is 12.5. The topological polar surface area (TPSA) is 134 Å². The molecule has 9 nitrogen and oxygen atoms in total. The number of phosphoric ester groups is 1. The first-order valence-corrected chi connectivity index (χ1v) is 21.3. The molecular formula is C43H70NO8P. The number of hydrogen-bond donors (Lipinski definition) is 2. The third-order valence-electron chi connectivity index (χ3n) is 7.59. The number of rotatable bonds is 35. The summed E-state index contributed by atoms with van der Waals surface area (Å²) in [6.45, 7) is 3.35. The zero-order valence-corrected chi connectivity index (χ0v) is 33.6. The highest BCUT2D eigenvalue weighted by Gasteiger charge is 2.25. The van der Waals surface area contributed by atoms with Gasteiger partial charge in [-0.05, 0) is 57.8 Å². The fraction of sp³-hybridized carbons (Fsp3) is 0.581. The summed E-state index contributed by atoms with van der Waals surface area (Å²) < 4.78 is 32.6. The van der Waals surface area contributed by atoms with E-state index < -0.39 is 32.5 Å². The van der Waals surface area contributed by atoms with Gasteiger partial charge in [0.05, 0.1) is 13.2 Å². The summed E-state index contributed by atoms with van der Waals surface area (Å²) in [7, 11) is -4.40. The Balaban J connectivity index is 4.28. The average Bonchev–Trinajstić information content (AvgIpc) is 3.14. The lowest BCUT2D eigenvalue weighted by molar-refractivity contribution is -0.161. The van der Waals surface area contributed by atoms with Gasteiger partial charge in [0.15, 0.2) is 6.10 Å². The molecule has 0 aliphatic heterocycles. The van der Waals surface area contributed by atoms with Crippen molar-refractivity contribution in [1.82, 2.24) is 0 Å². The lowest BCUT2D eigenvalue weighted by atomic mass is 10.1. The van der Waals surface area contributed by atoms with E-state index in [-0.39, 0.29) is 32.6 Å². The standard InChI is InChI=1S/C43H70NO8P/c1-3-5-7-9-11-13-15-17-18-19-20-21-22-24-25-27-29-31-33-35-42(45)49-39-41(40-51-53(47,48)50-38-37-44)52-43(46)36-34-32-30-28-26-23-16-14-12-10-8-6-4-2/h5-8,10-14,16-18,23,26,28,30,41H,3-4,9,15,19-22,24-25,27,29,31-40,44H2,1-2H3,(H,47,48)/b7-5+,8-6+,12-10+,13-11+,16-14+,18-17+,26-23+,30-28+. The number of phosphoric acid groups is 1. The van der Waals surface area contributed by atoms with E-state index in [1.54, 1.807) is 0 Å². The Morgan fingerprint density at radius 3 is 1.72 bits per heavy atom. The summed E-state index contributed by atoms with van der Waals surface area (Å²) >= 11 is 0. The molecule has 0 saturated carbocycles. The molecule has 0 aliphatic carbocycles. The minimum Gasteiger partial charge on any atom is -0.462 e. The normalized spacial score (nSPS) is 14.4. The molecule has 0 radical (unpaired) electrons. The molecule has 2 unspecified atom stereocenters. The fourth-order valence-corrected chi connectivity index (χ4v) is 5.50. The summed E-state index contributed by atoms with van der Waals surface area (Å²) in [4.78, 5) is 34.7. The molecule has 53 heavy (non-hydrogen) atoms. The van der Waals surface area contributed by atoms with E-state index in [0.29, 0.717) is 19.3 Å². The molecular weight excluding hydrogens is 689 g/mol. The Hall–Kier alpha value is -3.07. The van der Waals surface area contributed by atoms with Crippen molar-refractivity contribution in [3.05, 3.63) is 97.2 Å². The molecule has 3 N–H and O–H groups in total. The lowest BCUT2D eigenvalue weighted by Gasteiger charge is -2.19. The van der Waals surface area contributed by atoms with Crippen LogP contribution >= 0.6 is 7.82 Å². The first-order valence-electron chi connectivity index (χ1n) is 19.8. The van der Waals surface area contributed by atoms with Crippen LogP contribution in [0.4, 0.5) is 0 Å². The van der Waals surface area contributed by atoms with Gasteiger partial charge in [0.2, 0.25) is 0 Å². The quantitative estimate of drug-likeness (QED) is 0.0213. The van der Waals surface area contributed by atoms with Crippen molar-refractivity contribution < 1.29 is 37.6 Å². The first-order chi connectivity index (χ1) is 25.8. The summed E-state index contributed by atoms with van der Waals surface area (Å²) in [5, 5.41) is 0. The number of esters is 2. The Morgan fingerprint density at radius 2 is 1.09 bits per heavy atom. The molecule has 10 heteroatoms. The Bertz CT molecular complexity index is 1180. The molecule has 0 rings (SSSR count). The fourth-order valence-electron chi connectivity index (χ4n) is 4.74. The van der Waals surface area contributed by atoms with Gasteiger partial charge in [-0.25, -0.2) is 4.57 Å². The van der Waals surface area contributed by atoms with Crippen molar-refractivity contribution in [3.8, 4) is 0 Å². The van der Waals surface area contributed by atoms with Gasteiger partial charge in [-0.3, -0.25) is 18.6 Å². The minimum atomic E-state index is -4.40. The van der Waals surface area contributed by atoms with Gasteiger partial charge in [-0.1, -0.05) is 156 Å². The summed E-state index contributed by atoms with van der Waals surface area (Å²) in [5.41, 5.74) is 5.33. The van der Waals surface area contributed by atoms with Crippen LogP contribution in [-0.4, -0.2) is 49.3 Å². The Morgan fingerprint density at radius 1 is 0.585 bits per heavy atom. The van der Waals surface area contributed by atoms with Crippen LogP contribution in [-0.2, 0) is 32.7 Å². The third-order valence-corrected chi connectivity index (χ3v) is 8.58. The van der Waals surface area contributed by atoms with Crippen LogP contribution in [0.1, 0.15) is 129 Å². The third kappa shape index (κ3) is 38.5. The predicted octanol–water partition coefficient (Wildman–Crippen LogP) is 11.0. The monoisotopic (exact) mass is 759 g/mol. The maximum absolute atomic E-state index is 12.5. The van der Waals surface area contributed by atoms with Crippen molar-refractivity contribution in [1.29, 1.82) is 0 Å². The second-order valence-electron chi connectivity index (χ2n) is 12.5. The molecule has 0 aliphatic rings.